The molecule has 1 fully saturated rings. The molecule has 0 radical (unpaired) electrons. The number of guanidine groups is 1. The normalized spacial score (nSPS) is 19.6. The Labute approximate surface area is 129 Å². The lowest BCUT2D eigenvalue weighted by molar-refractivity contribution is 0.0536. The molecule has 1 rings (SSSR count). The minimum absolute atomic E-state index is 0.596. The van der Waals surface area contributed by atoms with E-state index in [9.17, 15) is 0 Å². The number of likely N-dealkylation sites (tertiary alicyclic amines) is 1. The maximum atomic E-state index is 5.63. The zero-order valence-electron chi connectivity index (χ0n) is 14.1. The molecule has 6 heteroatoms. The third-order valence-corrected chi connectivity index (χ3v) is 3.90. The van der Waals surface area contributed by atoms with E-state index in [-0.39, 0.29) is 0 Å². The van der Waals surface area contributed by atoms with Gasteiger partial charge in [0, 0.05) is 46.3 Å². The summed E-state index contributed by atoms with van der Waals surface area (Å²) in [6.07, 6.45) is 1.17. The quantitative estimate of drug-likeness (QED) is 0.382. The highest BCUT2D eigenvalue weighted by Gasteiger charge is 2.24. The molecule has 0 spiro atoms. The number of hydrogen-bond acceptors (Lipinski definition) is 4. The first-order valence-corrected chi connectivity index (χ1v) is 7.92. The SMILES string of the molecule is CCN(C)CCNC(=NC)N1CCC(COCCOC)C1. The second-order valence-electron chi connectivity index (χ2n) is 5.54. The van der Waals surface area contributed by atoms with E-state index in [1.807, 2.05) is 7.05 Å². The fourth-order valence-corrected chi connectivity index (χ4v) is 2.40. The van der Waals surface area contributed by atoms with Gasteiger partial charge in [-0.1, -0.05) is 6.92 Å². The van der Waals surface area contributed by atoms with Crippen LogP contribution < -0.4 is 5.32 Å². The Hall–Kier alpha value is -0.850. The third-order valence-electron chi connectivity index (χ3n) is 3.90. The van der Waals surface area contributed by atoms with Gasteiger partial charge in [-0.3, -0.25) is 4.99 Å². The van der Waals surface area contributed by atoms with Crippen molar-refractivity contribution in [3.05, 3.63) is 0 Å². The van der Waals surface area contributed by atoms with Crippen LogP contribution in [0.4, 0.5) is 0 Å². The van der Waals surface area contributed by atoms with Crippen LogP contribution in [0, 0.1) is 5.92 Å². The molecule has 0 aromatic carbocycles. The molecule has 1 aliphatic heterocycles. The van der Waals surface area contributed by atoms with Crippen molar-refractivity contribution in [3.63, 3.8) is 0 Å². The Morgan fingerprint density at radius 3 is 2.90 bits per heavy atom. The fraction of sp³-hybridized carbons (Fsp3) is 0.933. The van der Waals surface area contributed by atoms with Crippen molar-refractivity contribution in [3.8, 4) is 0 Å². The molecule has 1 aliphatic rings. The van der Waals surface area contributed by atoms with Gasteiger partial charge in [0.15, 0.2) is 5.96 Å². The summed E-state index contributed by atoms with van der Waals surface area (Å²) in [7, 11) is 5.69. The second-order valence-corrected chi connectivity index (χ2v) is 5.54. The van der Waals surface area contributed by atoms with Crippen LogP contribution in [-0.2, 0) is 9.47 Å². The largest absolute Gasteiger partial charge is 0.382 e. The van der Waals surface area contributed by atoms with Gasteiger partial charge in [0.05, 0.1) is 19.8 Å². The number of methoxy groups -OCH3 is 1. The molecule has 0 aromatic heterocycles. The molecular weight excluding hydrogens is 268 g/mol. The van der Waals surface area contributed by atoms with E-state index in [4.69, 9.17) is 9.47 Å². The maximum Gasteiger partial charge on any atom is 0.193 e. The standard InChI is InChI=1S/C15H32N4O2/c1-5-18(3)9-7-17-15(16-2)19-8-6-14(12-19)13-21-11-10-20-4/h14H,5-13H2,1-4H3,(H,16,17). The summed E-state index contributed by atoms with van der Waals surface area (Å²) in [5, 5.41) is 3.45. The number of aliphatic imine (C=N–C) groups is 1. The van der Waals surface area contributed by atoms with Crippen molar-refractivity contribution in [2.75, 3.05) is 73.7 Å². The summed E-state index contributed by atoms with van der Waals surface area (Å²) >= 11 is 0. The van der Waals surface area contributed by atoms with Crippen LogP contribution >= 0.6 is 0 Å². The second kappa shape index (κ2) is 10.8. The van der Waals surface area contributed by atoms with Gasteiger partial charge in [0.2, 0.25) is 0 Å². The molecule has 6 nitrogen and oxygen atoms in total. The van der Waals surface area contributed by atoms with Gasteiger partial charge >= 0.3 is 0 Å². The Kier molecular flexibility index (Phi) is 9.37. The molecule has 1 N–H and O–H groups in total. The van der Waals surface area contributed by atoms with Crippen molar-refractivity contribution in [1.82, 2.24) is 15.1 Å². The van der Waals surface area contributed by atoms with Gasteiger partial charge in [-0.05, 0) is 20.0 Å². The van der Waals surface area contributed by atoms with Gasteiger partial charge < -0.3 is 24.6 Å². The van der Waals surface area contributed by atoms with Crippen molar-refractivity contribution < 1.29 is 9.47 Å². The minimum Gasteiger partial charge on any atom is -0.382 e. The van der Waals surface area contributed by atoms with Gasteiger partial charge in [0.25, 0.3) is 0 Å². The highest BCUT2D eigenvalue weighted by molar-refractivity contribution is 5.80. The Balaban J connectivity index is 2.23. The molecule has 0 aliphatic carbocycles. The first-order chi connectivity index (χ1) is 10.2. The van der Waals surface area contributed by atoms with Crippen LogP contribution in [-0.4, -0.2) is 89.5 Å². The molecule has 1 saturated heterocycles. The topological polar surface area (TPSA) is 49.3 Å². The minimum atomic E-state index is 0.596. The molecule has 0 bridgehead atoms. The van der Waals surface area contributed by atoms with E-state index in [0.717, 1.165) is 45.3 Å². The van der Waals surface area contributed by atoms with Gasteiger partial charge in [0.1, 0.15) is 0 Å². The smallest absolute Gasteiger partial charge is 0.193 e. The number of nitrogens with zero attached hydrogens (tertiary/aromatic N) is 3. The summed E-state index contributed by atoms with van der Waals surface area (Å²) < 4.78 is 10.6. The maximum absolute atomic E-state index is 5.63. The third kappa shape index (κ3) is 7.11. The van der Waals surface area contributed by atoms with Crippen molar-refractivity contribution in [2.45, 2.75) is 13.3 Å². The van der Waals surface area contributed by atoms with Crippen LogP contribution in [0.25, 0.3) is 0 Å². The lowest BCUT2D eigenvalue weighted by Gasteiger charge is -2.23. The molecule has 1 unspecified atom stereocenters. The number of likely N-dealkylation sites (N-methyl/N-ethyl adjacent to an activating group) is 1. The molecular formula is C15H32N4O2. The van der Waals surface area contributed by atoms with Crippen LogP contribution in [0.3, 0.4) is 0 Å². The average molecular weight is 300 g/mol. The first kappa shape index (κ1) is 18.2. The van der Waals surface area contributed by atoms with E-state index in [0.29, 0.717) is 19.1 Å². The predicted molar refractivity (Wildman–Crippen MR) is 86.9 cm³/mol. The summed E-state index contributed by atoms with van der Waals surface area (Å²) in [5.41, 5.74) is 0. The predicted octanol–water partition coefficient (Wildman–Crippen LogP) is 0.498. The lowest BCUT2D eigenvalue weighted by Crippen LogP contribution is -2.43. The van der Waals surface area contributed by atoms with Gasteiger partial charge in [-0.2, -0.15) is 0 Å². The van der Waals surface area contributed by atoms with Crippen LogP contribution in [0.5, 0.6) is 0 Å². The number of nitrogens with one attached hydrogen (secondary N) is 1. The Morgan fingerprint density at radius 2 is 2.24 bits per heavy atom. The molecule has 21 heavy (non-hydrogen) atoms. The monoisotopic (exact) mass is 300 g/mol. The molecule has 124 valence electrons. The molecule has 0 aromatic rings. The summed E-state index contributed by atoms with van der Waals surface area (Å²) in [6.45, 7) is 9.46. The molecule has 0 saturated carbocycles. The average Bonchev–Trinajstić information content (AvgIpc) is 2.96. The van der Waals surface area contributed by atoms with E-state index in [1.54, 1.807) is 7.11 Å². The highest BCUT2D eigenvalue weighted by Crippen LogP contribution is 2.16. The fourth-order valence-electron chi connectivity index (χ4n) is 2.40. The van der Waals surface area contributed by atoms with Gasteiger partial charge in [-0.15, -0.1) is 0 Å². The molecule has 1 atom stereocenters. The number of rotatable bonds is 9. The van der Waals surface area contributed by atoms with Crippen LogP contribution in [0.15, 0.2) is 4.99 Å². The highest BCUT2D eigenvalue weighted by atomic mass is 16.5. The molecule has 0 amide bonds. The zero-order valence-corrected chi connectivity index (χ0v) is 14.1. The van der Waals surface area contributed by atoms with E-state index >= 15 is 0 Å². The van der Waals surface area contributed by atoms with Gasteiger partial charge in [-0.25, -0.2) is 0 Å². The van der Waals surface area contributed by atoms with Crippen molar-refractivity contribution >= 4 is 5.96 Å². The summed E-state index contributed by atoms with van der Waals surface area (Å²) in [4.78, 5) is 9.01. The number of ether oxygens (including phenoxy) is 2. The van der Waals surface area contributed by atoms with E-state index in [2.05, 4.69) is 34.1 Å². The molecule has 1 heterocycles. The Bertz CT molecular complexity index is 299. The zero-order chi connectivity index (χ0) is 15.5. The van der Waals surface area contributed by atoms with Crippen LogP contribution in [0.2, 0.25) is 0 Å². The summed E-state index contributed by atoms with van der Waals surface area (Å²) in [5.74, 6) is 1.61. The van der Waals surface area contributed by atoms with Crippen LogP contribution in [0.1, 0.15) is 13.3 Å². The van der Waals surface area contributed by atoms with Crippen molar-refractivity contribution in [1.29, 1.82) is 0 Å². The van der Waals surface area contributed by atoms with Crippen molar-refractivity contribution in [2.24, 2.45) is 10.9 Å². The first-order valence-electron chi connectivity index (χ1n) is 7.92. The van der Waals surface area contributed by atoms with E-state index in [1.165, 1.54) is 6.42 Å². The summed E-state index contributed by atoms with van der Waals surface area (Å²) in [6, 6.07) is 0. The number of hydrogen-bond donors (Lipinski definition) is 1. The lowest BCUT2D eigenvalue weighted by atomic mass is 10.1. The van der Waals surface area contributed by atoms with E-state index < -0.39 is 0 Å². The Morgan fingerprint density at radius 1 is 1.43 bits per heavy atom.